The number of carbonyl (C=O) groups is 1. The molecule has 0 aromatic carbocycles. The van der Waals surface area contributed by atoms with E-state index in [9.17, 15) is 4.79 Å². The third-order valence-corrected chi connectivity index (χ3v) is 1.52. The van der Waals surface area contributed by atoms with Gasteiger partial charge in [0.1, 0.15) is 5.60 Å². The van der Waals surface area contributed by atoms with Crippen LogP contribution in [-0.4, -0.2) is 42.4 Å². The molecule has 0 aromatic rings. The molecule has 0 aromatic heterocycles. The molecule has 0 spiro atoms. The Labute approximate surface area is 73.1 Å². The van der Waals surface area contributed by atoms with Crippen LogP contribution in [0.2, 0.25) is 0 Å². The number of hydrogen-bond acceptors (Lipinski definition) is 3. The molecule has 0 rings (SSSR count). The van der Waals surface area contributed by atoms with Crippen LogP contribution in [0.25, 0.3) is 0 Å². The Morgan fingerprint density at radius 1 is 1.50 bits per heavy atom. The summed E-state index contributed by atoms with van der Waals surface area (Å²) in [5, 5.41) is 8.38. The fraction of sp³-hybridized carbons (Fsp3) is 0.875. The van der Waals surface area contributed by atoms with Crippen LogP contribution in [0.15, 0.2) is 0 Å². The topological polar surface area (TPSA) is 49.8 Å². The number of nitrogens with zero attached hydrogens (tertiary/aromatic N) is 1. The summed E-state index contributed by atoms with van der Waals surface area (Å²) >= 11 is 0. The van der Waals surface area contributed by atoms with Crippen LogP contribution in [0.1, 0.15) is 20.3 Å². The standard InChI is InChI=1S/C8H17NO3/c1-8(2,12-7(10)11)5-6-9(3)4/h5-6H2,1-4H3,(H,10,11). The van der Waals surface area contributed by atoms with E-state index >= 15 is 0 Å². The van der Waals surface area contributed by atoms with Gasteiger partial charge in [-0.05, 0) is 34.4 Å². The number of hydrogen-bond donors (Lipinski definition) is 1. The lowest BCUT2D eigenvalue weighted by atomic mass is 10.1. The highest BCUT2D eigenvalue weighted by Gasteiger charge is 2.22. The summed E-state index contributed by atoms with van der Waals surface area (Å²) in [5.41, 5.74) is -0.587. The Balaban J connectivity index is 3.78. The van der Waals surface area contributed by atoms with Gasteiger partial charge < -0.3 is 14.7 Å². The maximum absolute atomic E-state index is 10.2. The summed E-state index contributed by atoms with van der Waals surface area (Å²) in [4.78, 5) is 12.2. The molecule has 0 radical (unpaired) electrons. The summed E-state index contributed by atoms with van der Waals surface area (Å²) in [5.74, 6) is 0. The van der Waals surface area contributed by atoms with Gasteiger partial charge in [0.25, 0.3) is 0 Å². The van der Waals surface area contributed by atoms with Gasteiger partial charge in [-0.3, -0.25) is 0 Å². The van der Waals surface area contributed by atoms with Crippen molar-refractivity contribution in [1.82, 2.24) is 4.90 Å². The Morgan fingerprint density at radius 2 is 2.00 bits per heavy atom. The first-order chi connectivity index (χ1) is 5.33. The molecule has 4 nitrogen and oxygen atoms in total. The zero-order valence-electron chi connectivity index (χ0n) is 8.13. The monoisotopic (exact) mass is 175 g/mol. The summed E-state index contributed by atoms with van der Waals surface area (Å²) in [6.07, 6.45) is -0.509. The largest absolute Gasteiger partial charge is 0.506 e. The highest BCUT2D eigenvalue weighted by Crippen LogP contribution is 2.14. The minimum absolute atomic E-state index is 0.587. The van der Waals surface area contributed by atoms with Crippen molar-refractivity contribution in [3.63, 3.8) is 0 Å². The van der Waals surface area contributed by atoms with E-state index in [0.29, 0.717) is 6.42 Å². The van der Waals surface area contributed by atoms with E-state index in [0.717, 1.165) is 6.54 Å². The van der Waals surface area contributed by atoms with Crippen LogP contribution in [0, 0.1) is 0 Å². The predicted molar refractivity (Wildman–Crippen MR) is 46.4 cm³/mol. The molecule has 0 aliphatic heterocycles. The average molecular weight is 175 g/mol. The third-order valence-electron chi connectivity index (χ3n) is 1.52. The van der Waals surface area contributed by atoms with Gasteiger partial charge in [0.2, 0.25) is 0 Å². The lowest BCUT2D eigenvalue weighted by Gasteiger charge is -2.24. The van der Waals surface area contributed by atoms with Crippen LogP contribution >= 0.6 is 0 Å². The molecule has 0 aliphatic rings. The lowest BCUT2D eigenvalue weighted by molar-refractivity contribution is -0.00410. The van der Waals surface area contributed by atoms with E-state index < -0.39 is 11.8 Å². The first kappa shape index (κ1) is 11.2. The maximum atomic E-state index is 10.2. The van der Waals surface area contributed by atoms with E-state index in [-0.39, 0.29) is 0 Å². The molecule has 0 saturated carbocycles. The zero-order chi connectivity index (χ0) is 9.78. The SMILES string of the molecule is CN(C)CCC(C)(C)OC(=O)O. The molecule has 0 atom stereocenters. The Morgan fingerprint density at radius 3 is 2.33 bits per heavy atom. The Kier molecular flexibility index (Phi) is 4.03. The van der Waals surface area contributed by atoms with Gasteiger partial charge in [-0.1, -0.05) is 0 Å². The highest BCUT2D eigenvalue weighted by atomic mass is 16.7. The van der Waals surface area contributed by atoms with Crippen LogP contribution in [-0.2, 0) is 4.74 Å². The molecule has 1 N–H and O–H groups in total. The van der Waals surface area contributed by atoms with Crippen molar-refractivity contribution in [3.8, 4) is 0 Å². The molecule has 0 aliphatic carbocycles. The minimum Gasteiger partial charge on any atom is -0.450 e. The van der Waals surface area contributed by atoms with Gasteiger partial charge in [-0.15, -0.1) is 0 Å². The molecular formula is C8H17NO3. The maximum Gasteiger partial charge on any atom is 0.506 e. The zero-order valence-corrected chi connectivity index (χ0v) is 8.13. The summed E-state index contributed by atoms with van der Waals surface area (Å²) in [6, 6.07) is 0. The first-order valence-corrected chi connectivity index (χ1v) is 3.90. The van der Waals surface area contributed by atoms with E-state index in [2.05, 4.69) is 4.74 Å². The second-order valence-corrected chi connectivity index (χ2v) is 3.68. The molecular weight excluding hydrogens is 158 g/mol. The summed E-state index contributed by atoms with van der Waals surface area (Å²) < 4.78 is 4.68. The molecule has 0 heterocycles. The highest BCUT2D eigenvalue weighted by molar-refractivity contribution is 5.57. The second-order valence-electron chi connectivity index (χ2n) is 3.68. The van der Waals surface area contributed by atoms with Crippen LogP contribution in [0.5, 0.6) is 0 Å². The predicted octanol–water partition coefficient (Wildman–Crippen LogP) is 1.41. The van der Waals surface area contributed by atoms with Crippen LogP contribution in [0.3, 0.4) is 0 Å². The van der Waals surface area contributed by atoms with Crippen molar-refractivity contribution in [2.45, 2.75) is 25.9 Å². The van der Waals surface area contributed by atoms with Crippen LogP contribution in [0.4, 0.5) is 4.79 Å². The number of rotatable bonds is 4. The van der Waals surface area contributed by atoms with Gasteiger partial charge in [0.05, 0.1) is 0 Å². The lowest BCUT2D eigenvalue weighted by Crippen LogP contribution is -2.31. The van der Waals surface area contributed by atoms with Gasteiger partial charge in [0.15, 0.2) is 0 Å². The van der Waals surface area contributed by atoms with E-state index in [1.165, 1.54) is 0 Å². The fourth-order valence-corrected chi connectivity index (χ4v) is 0.780. The molecule has 12 heavy (non-hydrogen) atoms. The van der Waals surface area contributed by atoms with Crippen molar-refractivity contribution < 1.29 is 14.6 Å². The Bertz CT molecular complexity index is 154. The molecule has 0 bridgehead atoms. The molecule has 4 heteroatoms. The molecule has 0 amide bonds. The van der Waals surface area contributed by atoms with E-state index in [1.54, 1.807) is 13.8 Å². The van der Waals surface area contributed by atoms with Gasteiger partial charge in [-0.25, -0.2) is 4.79 Å². The number of ether oxygens (including phenoxy) is 1. The summed E-state index contributed by atoms with van der Waals surface area (Å²) in [7, 11) is 3.88. The number of carboxylic acid groups (broad SMARTS) is 1. The summed E-state index contributed by atoms with van der Waals surface area (Å²) in [6.45, 7) is 4.36. The molecule has 0 unspecified atom stereocenters. The Hall–Kier alpha value is -0.770. The van der Waals surface area contributed by atoms with Crippen molar-refractivity contribution in [3.05, 3.63) is 0 Å². The van der Waals surface area contributed by atoms with Crippen molar-refractivity contribution >= 4 is 6.16 Å². The molecule has 0 saturated heterocycles. The van der Waals surface area contributed by atoms with E-state index in [1.807, 2.05) is 19.0 Å². The molecule has 0 fully saturated rings. The van der Waals surface area contributed by atoms with Crippen molar-refractivity contribution in [1.29, 1.82) is 0 Å². The van der Waals surface area contributed by atoms with Gasteiger partial charge in [-0.2, -0.15) is 0 Å². The average Bonchev–Trinajstić information content (AvgIpc) is 1.81. The van der Waals surface area contributed by atoms with Gasteiger partial charge >= 0.3 is 6.16 Å². The van der Waals surface area contributed by atoms with Crippen LogP contribution < -0.4 is 0 Å². The first-order valence-electron chi connectivity index (χ1n) is 3.90. The quantitative estimate of drug-likeness (QED) is 0.656. The van der Waals surface area contributed by atoms with Crippen molar-refractivity contribution in [2.24, 2.45) is 0 Å². The fourth-order valence-electron chi connectivity index (χ4n) is 0.780. The minimum atomic E-state index is -1.21. The molecule has 72 valence electrons. The van der Waals surface area contributed by atoms with Crippen molar-refractivity contribution in [2.75, 3.05) is 20.6 Å². The van der Waals surface area contributed by atoms with E-state index in [4.69, 9.17) is 5.11 Å². The third kappa shape index (κ3) is 5.97. The smallest absolute Gasteiger partial charge is 0.450 e. The second kappa shape index (κ2) is 4.30. The van der Waals surface area contributed by atoms with Gasteiger partial charge in [0, 0.05) is 6.54 Å². The normalized spacial score (nSPS) is 11.8.